The molecular weight excluding hydrogens is 536 g/mol. The third-order valence-corrected chi connectivity index (χ3v) is 5.88. The fourth-order valence-corrected chi connectivity index (χ4v) is 3.88. The quantitative estimate of drug-likeness (QED) is 0.0453. The summed E-state index contributed by atoms with van der Waals surface area (Å²) in [7, 11) is 0. The van der Waals surface area contributed by atoms with Crippen LogP contribution in [0.2, 0.25) is 0 Å². The van der Waals surface area contributed by atoms with E-state index in [9.17, 15) is 38.7 Å². The van der Waals surface area contributed by atoms with Crippen LogP contribution in [0.3, 0.4) is 0 Å². The van der Waals surface area contributed by atoms with E-state index in [2.05, 4.69) is 21.3 Å². The van der Waals surface area contributed by atoms with Crippen molar-refractivity contribution >= 4 is 47.5 Å². The van der Waals surface area contributed by atoms with Crippen LogP contribution < -0.4 is 32.7 Å². The van der Waals surface area contributed by atoms with Crippen LogP contribution in [0.5, 0.6) is 0 Å². The first-order valence-electron chi connectivity index (χ1n) is 12.4. The monoisotopic (exact) mass is 572 g/mol. The molecule has 0 bridgehead atoms. The smallest absolute Gasteiger partial charge is 0.326 e. The lowest BCUT2D eigenvalue weighted by atomic mass is 10.1. The maximum absolute atomic E-state index is 13.1. The SMILES string of the molecule is N=C(N)NCCC[C@H](NC(=O)CNC(=O)[C@H](CC(=O)O)NC(=O)[C@@H](N)CCC(=O)O)C(=O)N1CCC[C@H]1C(=O)O. The molecule has 0 aromatic heterocycles. The van der Waals surface area contributed by atoms with Gasteiger partial charge in [-0.3, -0.25) is 34.2 Å². The number of nitrogens with two attached hydrogens (primary N) is 2. The number of carbonyl (C=O) groups is 7. The Morgan fingerprint density at radius 2 is 1.60 bits per heavy atom. The van der Waals surface area contributed by atoms with Crippen molar-refractivity contribution in [3.05, 3.63) is 0 Å². The zero-order valence-electron chi connectivity index (χ0n) is 21.7. The molecule has 0 unspecified atom stereocenters. The van der Waals surface area contributed by atoms with Gasteiger partial charge >= 0.3 is 17.9 Å². The summed E-state index contributed by atoms with van der Waals surface area (Å²) in [5.74, 6) is -7.64. The fraction of sp³-hybridized carbons (Fsp3) is 0.636. The van der Waals surface area contributed by atoms with Crippen molar-refractivity contribution in [1.29, 1.82) is 5.41 Å². The Labute approximate surface area is 228 Å². The summed E-state index contributed by atoms with van der Waals surface area (Å²) in [6, 6.07) is -5.18. The van der Waals surface area contributed by atoms with Gasteiger partial charge in [0.15, 0.2) is 5.96 Å². The maximum atomic E-state index is 13.1. The van der Waals surface area contributed by atoms with Gasteiger partial charge in [-0.2, -0.15) is 0 Å². The number of nitrogens with one attached hydrogen (secondary N) is 5. The van der Waals surface area contributed by atoms with E-state index in [1.807, 2.05) is 0 Å². The summed E-state index contributed by atoms with van der Waals surface area (Å²) in [5.41, 5.74) is 10.8. The Bertz CT molecular complexity index is 991. The van der Waals surface area contributed by atoms with Crippen LogP contribution in [0.1, 0.15) is 44.9 Å². The largest absolute Gasteiger partial charge is 0.481 e. The lowest BCUT2D eigenvalue weighted by Crippen LogP contribution is -2.55. The van der Waals surface area contributed by atoms with Gasteiger partial charge in [-0.25, -0.2) is 4.79 Å². The van der Waals surface area contributed by atoms with Crippen LogP contribution in [0, 0.1) is 5.41 Å². The molecule has 0 spiro atoms. The molecule has 4 amide bonds. The highest BCUT2D eigenvalue weighted by molar-refractivity contribution is 5.95. The lowest BCUT2D eigenvalue weighted by Gasteiger charge is -2.27. The average Bonchev–Trinajstić information content (AvgIpc) is 3.36. The van der Waals surface area contributed by atoms with Gasteiger partial charge in [0.1, 0.15) is 18.1 Å². The number of hydrogen-bond donors (Lipinski definition) is 10. The first-order valence-corrected chi connectivity index (χ1v) is 12.4. The van der Waals surface area contributed by atoms with Gasteiger partial charge in [0.25, 0.3) is 0 Å². The molecule has 1 heterocycles. The van der Waals surface area contributed by atoms with Gasteiger partial charge in [-0.05, 0) is 32.1 Å². The number of rotatable bonds is 17. The van der Waals surface area contributed by atoms with Crippen LogP contribution in [0.15, 0.2) is 0 Å². The zero-order valence-corrected chi connectivity index (χ0v) is 21.7. The second kappa shape index (κ2) is 16.5. The van der Waals surface area contributed by atoms with Gasteiger partial charge in [-0.15, -0.1) is 0 Å². The highest BCUT2D eigenvalue weighted by Gasteiger charge is 2.37. The van der Waals surface area contributed by atoms with E-state index in [1.165, 1.54) is 0 Å². The number of carboxylic acid groups (broad SMARTS) is 3. The van der Waals surface area contributed by atoms with E-state index in [0.29, 0.717) is 6.42 Å². The number of guanidine groups is 1. The molecule has 1 fully saturated rings. The van der Waals surface area contributed by atoms with Crippen LogP contribution in [-0.4, -0.2) is 112 Å². The van der Waals surface area contributed by atoms with Crippen molar-refractivity contribution in [3.63, 3.8) is 0 Å². The molecule has 18 nitrogen and oxygen atoms in total. The van der Waals surface area contributed by atoms with Crippen molar-refractivity contribution in [2.75, 3.05) is 19.6 Å². The van der Waals surface area contributed by atoms with Crippen LogP contribution in [0.25, 0.3) is 0 Å². The lowest BCUT2D eigenvalue weighted by molar-refractivity contribution is -0.149. The summed E-state index contributed by atoms with van der Waals surface area (Å²) in [6.45, 7) is -0.345. The Hall–Kier alpha value is -4.48. The number of nitrogens with zero attached hydrogens (tertiary/aromatic N) is 1. The minimum absolute atomic E-state index is 0.0492. The molecule has 1 aliphatic rings. The number of carboxylic acids is 3. The summed E-state index contributed by atoms with van der Waals surface area (Å²) in [5, 5.41) is 43.6. The Morgan fingerprint density at radius 3 is 2.17 bits per heavy atom. The maximum Gasteiger partial charge on any atom is 0.326 e. The van der Waals surface area contributed by atoms with Crippen molar-refractivity contribution < 1.29 is 48.9 Å². The molecule has 0 aromatic rings. The second-order valence-electron chi connectivity index (χ2n) is 9.05. The Kier molecular flexibility index (Phi) is 13.8. The van der Waals surface area contributed by atoms with Crippen molar-refractivity contribution in [1.82, 2.24) is 26.2 Å². The van der Waals surface area contributed by atoms with E-state index in [0.717, 1.165) is 4.90 Å². The topological polar surface area (TPSA) is 307 Å². The van der Waals surface area contributed by atoms with Crippen LogP contribution in [0.4, 0.5) is 0 Å². The van der Waals surface area contributed by atoms with E-state index in [1.54, 1.807) is 0 Å². The summed E-state index contributed by atoms with van der Waals surface area (Å²) in [4.78, 5) is 84.9. The number of hydrogen-bond acceptors (Lipinski definition) is 9. The third kappa shape index (κ3) is 11.9. The van der Waals surface area contributed by atoms with Crippen molar-refractivity contribution in [3.8, 4) is 0 Å². The molecule has 1 saturated heterocycles. The fourth-order valence-electron chi connectivity index (χ4n) is 3.88. The number of amides is 4. The average molecular weight is 573 g/mol. The molecule has 224 valence electrons. The number of aliphatic carboxylic acids is 3. The highest BCUT2D eigenvalue weighted by Crippen LogP contribution is 2.19. The molecule has 4 atom stereocenters. The highest BCUT2D eigenvalue weighted by atomic mass is 16.4. The second-order valence-corrected chi connectivity index (χ2v) is 9.05. The molecule has 0 aromatic carbocycles. The summed E-state index contributed by atoms with van der Waals surface area (Å²) >= 11 is 0. The normalized spacial score (nSPS) is 16.6. The third-order valence-electron chi connectivity index (χ3n) is 5.88. The number of carbonyl (C=O) groups excluding carboxylic acids is 4. The van der Waals surface area contributed by atoms with Gasteiger partial charge in [0.2, 0.25) is 23.6 Å². The molecule has 40 heavy (non-hydrogen) atoms. The molecule has 1 rings (SSSR count). The molecule has 12 N–H and O–H groups in total. The Morgan fingerprint density at radius 1 is 0.925 bits per heavy atom. The van der Waals surface area contributed by atoms with Crippen LogP contribution in [-0.2, 0) is 33.6 Å². The Balaban J connectivity index is 2.83. The van der Waals surface area contributed by atoms with Crippen molar-refractivity contribution in [2.45, 2.75) is 69.1 Å². The predicted octanol–water partition coefficient (Wildman–Crippen LogP) is -3.92. The molecule has 18 heteroatoms. The van der Waals surface area contributed by atoms with E-state index >= 15 is 0 Å². The van der Waals surface area contributed by atoms with Crippen LogP contribution >= 0.6 is 0 Å². The minimum atomic E-state index is -1.63. The first-order chi connectivity index (χ1) is 18.7. The van der Waals surface area contributed by atoms with E-state index in [-0.39, 0.29) is 44.7 Å². The summed E-state index contributed by atoms with van der Waals surface area (Å²) < 4.78 is 0. The van der Waals surface area contributed by atoms with E-state index in [4.69, 9.17) is 27.1 Å². The summed E-state index contributed by atoms with van der Waals surface area (Å²) in [6.07, 6.45) is -0.526. The van der Waals surface area contributed by atoms with Gasteiger partial charge in [-0.1, -0.05) is 0 Å². The zero-order chi connectivity index (χ0) is 30.4. The molecule has 1 aliphatic heterocycles. The van der Waals surface area contributed by atoms with E-state index < -0.39 is 85.1 Å². The molecule has 0 radical (unpaired) electrons. The predicted molar refractivity (Wildman–Crippen MR) is 135 cm³/mol. The molecule has 0 aliphatic carbocycles. The molecule has 0 saturated carbocycles. The van der Waals surface area contributed by atoms with Gasteiger partial charge in [0, 0.05) is 19.5 Å². The first kappa shape index (κ1) is 33.5. The van der Waals surface area contributed by atoms with Crippen molar-refractivity contribution in [2.24, 2.45) is 11.5 Å². The van der Waals surface area contributed by atoms with Gasteiger partial charge < -0.3 is 53.0 Å². The molecular formula is C22H36N8O10. The standard InChI is InChI=1S/C22H36N8O10/c23-11(5-6-16(32)33)18(36)29-13(9-17(34)35)19(37)27-10-15(31)28-12(3-1-7-26-22(24)25)20(38)30-8-2-4-14(30)21(39)40/h11-14H,1-10,23H2,(H,27,37)(H,28,31)(H,29,36)(H,32,33)(H,34,35)(H,39,40)(H4,24,25,26)/t11-,12-,13-,14-/m0/s1. The number of likely N-dealkylation sites (tertiary alicyclic amines) is 1. The minimum Gasteiger partial charge on any atom is -0.481 e. The van der Waals surface area contributed by atoms with Gasteiger partial charge in [0.05, 0.1) is 19.0 Å².